The molecule has 0 spiro atoms. The molecule has 1 atom stereocenters. The molecule has 3 aromatic rings. The van der Waals surface area contributed by atoms with Crippen LogP contribution in [-0.4, -0.2) is 38.0 Å². The van der Waals surface area contributed by atoms with Crippen molar-refractivity contribution in [3.05, 3.63) is 71.2 Å². The molecule has 2 N–H and O–H groups in total. The molecule has 1 aromatic heterocycles. The molecular formula is C23H24N2O4S. The molecule has 6 nitrogen and oxygen atoms in total. The number of nitrogens with zero attached hydrogens (tertiary/aromatic N) is 2. The van der Waals surface area contributed by atoms with Crippen molar-refractivity contribution in [2.75, 3.05) is 6.26 Å². The summed E-state index contributed by atoms with van der Waals surface area (Å²) in [5.74, 6) is -1.07. The van der Waals surface area contributed by atoms with Gasteiger partial charge in [-0.15, -0.1) is 11.8 Å². The van der Waals surface area contributed by atoms with Gasteiger partial charge in [-0.2, -0.15) is 0 Å². The first-order valence-electron chi connectivity index (χ1n) is 9.66. The van der Waals surface area contributed by atoms with Gasteiger partial charge in [-0.25, -0.2) is 14.6 Å². The van der Waals surface area contributed by atoms with Crippen molar-refractivity contribution in [2.24, 2.45) is 0 Å². The van der Waals surface area contributed by atoms with Crippen LogP contribution in [0.1, 0.15) is 58.4 Å². The lowest BCUT2D eigenvalue weighted by atomic mass is 9.98. The van der Waals surface area contributed by atoms with Crippen LogP contribution in [0.5, 0.6) is 0 Å². The lowest BCUT2D eigenvalue weighted by Crippen LogP contribution is -2.14. The van der Waals surface area contributed by atoms with Gasteiger partial charge in [0.05, 0.1) is 5.56 Å². The van der Waals surface area contributed by atoms with Crippen molar-refractivity contribution in [2.45, 2.75) is 37.8 Å². The van der Waals surface area contributed by atoms with E-state index in [1.807, 2.05) is 43.5 Å². The SMILES string of the molecule is CCC(C)c1nc(SC)c(C(=O)O)n1Cc1ccc(-c2ccccc2C(=O)O)cc1. The van der Waals surface area contributed by atoms with Crippen LogP contribution in [0.25, 0.3) is 11.1 Å². The summed E-state index contributed by atoms with van der Waals surface area (Å²) in [4.78, 5) is 28.0. The number of benzene rings is 2. The maximum absolute atomic E-state index is 11.9. The second kappa shape index (κ2) is 9.17. The zero-order valence-corrected chi connectivity index (χ0v) is 17.9. The van der Waals surface area contributed by atoms with Gasteiger partial charge in [0.1, 0.15) is 10.9 Å². The van der Waals surface area contributed by atoms with E-state index in [0.717, 1.165) is 23.4 Å². The Labute approximate surface area is 179 Å². The van der Waals surface area contributed by atoms with Crippen LogP contribution in [0.4, 0.5) is 0 Å². The number of aromatic carboxylic acids is 2. The Morgan fingerprint density at radius 2 is 1.73 bits per heavy atom. The monoisotopic (exact) mass is 424 g/mol. The molecule has 0 bridgehead atoms. The minimum Gasteiger partial charge on any atom is -0.478 e. The maximum atomic E-state index is 11.9. The summed E-state index contributed by atoms with van der Waals surface area (Å²) >= 11 is 1.33. The number of carboxylic acids is 2. The van der Waals surface area contributed by atoms with Gasteiger partial charge in [0, 0.05) is 12.5 Å². The van der Waals surface area contributed by atoms with Crippen LogP contribution >= 0.6 is 11.8 Å². The molecule has 0 aliphatic rings. The van der Waals surface area contributed by atoms with E-state index in [9.17, 15) is 19.8 Å². The van der Waals surface area contributed by atoms with Gasteiger partial charge in [0.2, 0.25) is 0 Å². The van der Waals surface area contributed by atoms with E-state index in [0.29, 0.717) is 17.1 Å². The molecule has 0 aliphatic carbocycles. The fraction of sp³-hybridized carbons (Fsp3) is 0.261. The van der Waals surface area contributed by atoms with Crippen LogP contribution in [0.3, 0.4) is 0 Å². The van der Waals surface area contributed by atoms with E-state index in [1.165, 1.54) is 11.8 Å². The van der Waals surface area contributed by atoms with Crippen molar-refractivity contribution >= 4 is 23.7 Å². The standard InChI is InChI=1S/C23H24N2O4S/c1-4-14(2)20-24-21(30-3)19(23(28)29)25(20)13-15-9-11-16(12-10-15)17-7-5-6-8-18(17)22(26)27/h5-12,14H,4,13H2,1-3H3,(H,26,27)(H,28,29). The summed E-state index contributed by atoms with van der Waals surface area (Å²) < 4.78 is 1.78. The molecule has 156 valence electrons. The van der Waals surface area contributed by atoms with Gasteiger partial charge in [-0.1, -0.05) is 56.3 Å². The number of carboxylic acid groups (broad SMARTS) is 2. The van der Waals surface area contributed by atoms with Crippen molar-refractivity contribution < 1.29 is 19.8 Å². The predicted molar refractivity (Wildman–Crippen MR) is 118 cm³/mol. The summed E-state index contributed by atoms with van der Waals surface area (Å²) in [5.41, 5.74) is 2.82. The Kier molecular flexibility index (Phi) is 6.62. The molecule has 7 heteroatoms. The predicted octanol–water partition coefficient (Wildman–Crippen LogP) is 5.23. The molecule has 0 aliphatic heterocycles. The van der Waals surface area contributed by atoms with Crippen LogP contribution in [0.2, 0.25) is 0 Å². The van der Waals surface area contributed by atoms with Crippen molar-refractivity contribution in [3.63, 3.8) is 0 Å². The highest BCUT2D eigenvalue weighted by molar-refractivity contribution is 7.98. The van der Waals surface area contributed by atoms with Gasteiger partial charge in [0.25, 0.3) is 0 Å². The summed E-state index contributed by atoms with van der Waals surface area (Å²) in [7, 11) is 0. The number of carbonyl (C=O) groups is 2. The number of rotatable bonds is 8. The van der Waals surface area contributed by atoms with Crippen molar-refractivity contribution in [1.82, 2.24) is 9.55 Å². The third kappa shape index (κ3) is 4.26. The average molecular weight is 425 g/mol. The summed E-state index contributed by atoms with van der Waals surface area (Å²) in [5, 5.41) is 19.7. The van der Waals surface area contributed by atoms with E-state index < -0.39 is 11.9 Å². The topological polar surface area (TPSA) is 92.4 Å². The summed E-state index contributed by atoms with van der Waals surface area (Å²) in [6.45, 7) is 4.48. The molecule has 0 fully saturated rings. The maximum Gasteiger partial charge on any atom is 0.355 e. The third-order valence-corrected chi connectivity index (χ3v) is 5.85. The molecule has 2 aromatic carbocycles. The first-order valence-corrected chi connectivity index (χ1v) is 10.9. The first kappa shape index (κ1) is 21.6. The number of hydrogen-bond acceptors (Lipinski definition) is 4. The fourth-order valence-corrected chi connectivity index (χ4v) is 3.98. The smallest absolute Gasteiger partial charge is 0.355 e. The normalized spacial score (nSPS) is 12.0. The molecular weight excluding hydrogens is 400 g/mol. The number of aromatic nitrogens is 2. The Bertz CT molecular complexity index is 1070. The van der Waals surface area contributed by atoms with Crippen LogP contribution < -0.4 is 0 Å². The van der Waals surface area contributed by atoms with Crippen molar-refractivity contribution in [1.29, 1.82) is 0 Å². The second-order valence-corrected chi connectivity index (χ2v) is 7.87. The average Bonchev–Trinajstić information content (AvgIpc) is 3.12. The van der Waals surface area contributed by atoms with E-state index in [2.05, 4.69) is 11.9 Å². The Morgan fingerprint density at radius 1 is 1.07 bits per heavy atom. The lowest BCUT2D eigenvalue weighted by Gasteiger charge is -2.14. The number of thioether (sulfide) groups is 1. The van der Waals surface area contributed by atoms with Crippen LogP contribution in [0, 0.1) is 0 Å². The minimum absolute atomic E-state index is 0.130. The highest BCUT2D eigenvalue weighted by Gasteiger charge is 2.24. The van der Waals surface area contributed by atoms with Crippen LogP contribution in [0.15, 0.2) is 53.6 Å². The van der Waals surface area contributed by atoms with Gasteiger partial charge >= 0.3 is 11.9 Å². The third-order valence-electron chi connectivity index (χ3n) is 5.18. The van der Waals surface area contributed by atoms with Gasteiger partial charge in [-0.05, 0) is 35.4 Å². The lowest BCUT2D eigenvalue weighted by molar-refractivity contribution is 0.0675. The molecule has 3 rings (SSSR count). The van der Waals surface area contributed by atoms with Gasteiger partial charge < -0.3 is 14.8 Å². The zero-order chi connectivity index (χ0) is 21.8. The highest BCUT2D eigenvalue weighted by atomic mass is 32.2. The minimum atomic E-state index is -0.992. The largest absolute Gasteiger partial charge is 0.478 e. The number of hydrogen-bond donors (Lipinski definition) is 2. The molecule has 0 radical (unpaired) electrons. The molecule has 1 unspecified atom stereocenters. The first-order chi connectivity index (χ1) is 14.4. The molecule has 30 heavy (non-hydrogen) atoms. The Balaban J connectivity index is 1.99. The van der Waals surface area contributed by atoms with Gasteiger partial charge in [-0.3, -0.25) is 0 Å². The summed E-state index contributed by atoms with van der Waals surface area (Å²) in [6, 6.07) is 14.4. The Hall–Kier alpha value is -3.06. The quantitative estimate of drug-likeness (QED) is 0.481. The molecule has 0 saturated heterocycles. The van der Waals surface area contributed by atoms with Gasteiger partial charge in [0.15, 0.2) is 5.69 Å². The van der Waals surface area contributed by atoms with Crippen molar-refractivity contribution in [3.8, 4) is 11.1 Å². The molecule has 1 heterocycles. The highest BCUT2D eigenvalue weighted by Crippen LogP contribution is 2.29. The number of imidazole rings is 1. The van der Waals surface area contributed by atoms with E-state index in [4.69, 9.17) is 0 Å². The summed E-state index contributed by atoms with van der Waals surface area (Å²) in [6.07, 6.45) is 2.68. The van der Waals surface area contributed by atoms with E-state index in [-0.39, 0.29) is 17.2 Å². The Morgan fingerprint density at radius 3 is 2.30 bits per heavy atom. The molecule has 0 amide bonds. The van der Waals surface area contributed by atoms with Crippen LogP contribution in [-0.2, 0) is 6.54 Å². The molecule has 0 saturated carbocycles. The van der Waals surface area contributed by atoms with E-state index in [1.54, 1.807) is 22.8 Å². The second-order valence-electron chi connectivity index (χ2n) is 7.08. The zero-order valence-electron chi connectivity index (χ0n) is 17.1. The van der Waals surface area contributed by atoms with E-state index >= 15 is 0 Å². The fourth-order valence-electron chi connectivity index (χ4n) is 3.41.